The van der Waals surface area contributed by atoms with Crippen molar-refractivity contribution < 1.29 is 13.3 Å². The Kier molecular flexibility index (Phi) is 5.49. The minimum Gasteiger partial charge on any atom is -0.340 e. The van der Waals surface area contributed by atoms with Gasteiger partial charge in [-0.2, -0.15) is 4.31 Å². The Bertz CT molecular complexity index is 1510. The van der Waals surface area contributed by atoms with Crippen molar-refractivity contribution in [1.29, 1.82) is 0 Å². The quantitative estimate of drug-likeness (QED) is 0.310. The summed E-state index contributed by atoms with van der Waals surface area (Å²) in [6.07, 6.45) is 1.89. The Balaban J connectivity index is 1.51. The molecule has 2 aromatic heterocycles. The number of thiophene rings is 1. The fourth-order valence-corrected chi connectivity index (χ4v) is 6.91. The third-order valence-electron chi connectivity index (χ3n) is 5.37. The first-order valence-electron chi connectivity index (χ1n) is 9.86. The number of rotatable bonds is 5. The average molecular weight is 502 g/mol. The number of nitrogens with one attached hydrogen (secondary N) is 1. The number of hydrogen-bond donors (Lipinski definition) is 1. The first-order chi connectivity index (χ1) is 15.8. The van der Waals surface area contributed by atoms with E-state index < -0.39 is 20.6 Å². The van der Waals surface area contributed by atoms with Gasteiger partial charge in [-0.15, -0.1) is 11.3 Å². The second-order valence-electron chi connectivity index (χ2n) is 7.35. The zero-order valence-corrected chi connectivity index (χ0v) is 19.3. The Morgan fingerprint density at radius 1 is 1.15 bits per heavy atom. The smallest absolute Gasteiger partial charge is 0.289 e. The number of nitro benzene ring substituents is 1. The van der Waals surface area contributed by atoms with Crippen LogP contribution in [0.15, 0.2) is 59.8 Å². The van der Waals surface area contributed by atoms with E-state index in [4.69, 9.17) is 11.6 Å². The molecular formula is C21H16ClN5O4S2. The lowest BCUT2D eigenvalue weighted by Gasteiger charge is -2.26. The zero-order chi connectivity index (χ0) is 23.2. The van der Waals surface area contributed by atoms with Gasteiger partial charge in [0.2, 0.25) is 10.0 Å². The van der Waals surface area contributed by atoms with E-state index in [1.807, 2.05) is 12.1 Å². The highest BCUT2D eigenvalue weighted by molar-refractivity contribution is 7.89. The molecule has 0 radical (unpaired) electrons. The van der Waals surface area contributed by atoms with E-state index in [1.165, 1.54) is 46.2 Å². The highest BCUT2D eigenvalue weighted by Gasteiger charge is 2.35. The number of benzene rings is 2. The van der Waals surface area contributed by atoms with Gasteiger partial charge in [0.05, 0.1) is 10.3 Å². The van der Waals surface area contributed by atoms with Crippen molar-refractivity contribution in [3.05, 3.63) is 80.4 Å². The molecule has 0 saturated carbocycles. The third-order valence-corrected chi connectivity index (χ3v) is 8.62. The molecule has 0 amide bonds. The molecule has 9 nitrogen and oxygen atoms in total. The molecule has 0 unspecified atom stereocenters. The number of sulfonamides is 1. The summed E-state index contributed by atoms with van der Waals surface area (Å²) in [6.45, 7) is 0.306. The van der Waals surface area contributed by atoms with Crippen LogP contribution >= 0.6 is 22.9 Å². The van der Waals surface area contributed by atoms with E-state index in [1.54, 1.807) is 12.1 Å². The molecule has 0 aliphatic carbocycles. The Morgan fingerprint density at radius 2 is 1.97 bits per heavy atom. The summed E-state index contributed by atoms with van der Waals surface area (Å²) in [5.41, 5.74) is 1.33. The van der Waals surface area contributed by atoms with Crippen LogP contribution in [-0.4, -0.2) is 34.2 Å². The van der Waals surface area contributed by atoms with Gasteiger partial charge in [0, 0.05) is 34.7 Å². The first kappa shape index (κ1) is 21.7. The van der Waals surface area contributed by atoms with Crippen molar-refractivity contribution in [2.45, 2.75) is 17.9 Å². The normalized spacial score (nSPS) is 14.2. The van der Waals surface area contributed by atoms with Crippen molar-refractivity contribution in [1.82, 2.24) is 14.3 Å². The molecule has 168 valence electrons. The van der Waals surface area contributed by atoms with Crippen molar-refractivity contribution >= 4 is 60.4 Å². The summed E-state index contributed by atoms with van der Waals surface area (Å²) in [5.74, 6) is 0.620. The molecule has 12 heteroatoms. The van der Waals surface area contributed by atoms with E-state index in [-0.39, 0.29) is 18.0 Å². The molecule has 5 rings (SSSR count). The Labute approximate surface area is 197 Å². The fraction of sp³-hybridized carbons (Fsp3) is 0.143. The van der Waals surface area contributed by atoms with Crippen molar-refractivity contribution in [2.24, 2.45) is 0 Å². The Hall–Kier alpha value is -3.12. The van der Waals surface area contributed by atoms with Crippen LogP contribution in [0.1, 0.15) is 10.4 Å². The molecule has 4 aromatic rings. The van der Waals surface area contributed by atoms with E-state index in [0.717, 1.165) is 26.3 Å². The number of anilines is 2. The molecule has 33 heavy (non-hydrogen) atoms. The number of nitro groups is 1. The molecule has 0 atom stereocenters. The van der Waals surface area contributed by atoms with Gasteiger partial charge in [0.1, 0.15) is 17.0 Å². The van der Waals surface area contributed by atoms with Crippen LogP contribution in [0.5, 0.6) is 0 Å². The third kappa shape index (κ3) is 3.93. The van der Waals surface area contributed by atoms with Gasteiger partial charge in [-0.05, 0) is 36.2 Å². The van der Waals surface area contributed by atoms with Gasteiger partial charge in [0.25, 0.3) is 5.69 Å². The Morgan fingerprint density at radius 3 is 2.76 bits per heavy atom. The van der Waals surface area contributed by atoms with E-state index in [0.29, 0.717) is 17.3 Å². The topological polar surface area (TPSA) is 118 Å². The van der Waals surface area contributed by atoms with Crippen LogP contribution in [0.2, 0.25) is 5.02 Å². The van der Waals surface area contributed by atoms with E-state index in [9.17, 15) is 18.5 Å². The minimum absolute atomic E-state index is 0.112. The van der Waals surface area contributed by atoms with Crippen LogP contribution in [0.25, 0.3) is 10.2 Å². The van der Waals surface area contributed by atoms with E-state index >= 15 is 0 Å². The maximum atomic E-state index is 13.3. The fourth-order valence-electron chi connectivity index (χ4n) is 3.87. The monoisotopic (exact) mass is 501 g/mol. The van der Waals surface area contributed by atoms with Crippen LogP contribution in [0.3, 0.4) is 0 Å². The maximum absolute atomic E-state index is 13.3. The van der Waals surface area contributed by atoms with Gasteiger partial charge in [-0.25, -0.2) is 18.4 Å². The van der Waals surface area contributed by atoms with Gasteiger partial charge < -0.3 is 5.32 Å². The van der Waals surface area contributed by atoms with Crippen molar-refractivity contribution in [3.63, 3.8) is 0 Å². The molecular weight excluding hydrogens is 486 g/mol. The van der Waals surface area contributed by atoms with Crippen molar-refractivity contribution in [3.8, 4) is 0 Å². The number of hydrogen-bond acceptors (Lipinski definition) is 8. The number of fused-ring (bicyclic) bond motifs is 3. The van der Waals surface area contributed by atoms with Gasteiger partial charge in [-0.3, -0.25) is 10.1 Å². The molecule has 2 aromatic carbocycles. The number of aromatic nitrogens is 2. The summed E-state index contributed by atoms with van der Waals surface area (Å²) in [7, 11) is -4.05. The molecule has 1 aliphatic rings. The second-order valence-corrected chi connectivity index (χ2v) is 10.8. The summed E-state index contributed by atoms with van der Waals surface area (Å²) >= 11 is 7.48. The summed E-state index contributed by atoms with van der Waals surface area (Å²) < 4.78 is 27.8. The molecule has 0 bridgehead atoms. The van der Waals surface area contributed by atoms with Crippen LogP contribution < -0.4 is 5.32 Å². The van der Waals surface area contributed by atoms with Gasteiger partial charge in [0.15, 0.2) is 4.90 Å². The summed E-state index contributed by atoms with van der Waals surface area (Å²) in [5, 5.41) is 16.1. The summed E-state index contributed by atoms with van der Waals surface area (Å²) in [6, 6.07) is 12.7. The van der Waals surface area contributed by atoms with Crippen LogP contribution in [0, 0.1) is 10.1 Å². The molecule has 3 heterocycles. The highest BCUT2D eigenvalue weighted by atomic mass is 35.5. The zero-order valence-electron chi connectivity index (χ0n) is 16.9. The second kappa shape index (κ2) is 8.34. The predicted octanol–water partition coefficient (Wildman–Crippen LogP) is 4.74. The van der Waals surface area contributed by atoms with Gasteiger partial charge in [-0.1, -0.05) is 29.8 Å². The van der Waals surface area contributed by atoms with Gasteiger partial charge >= 0.3 is 0 Å². The molecule has 1 aliphatic heterocycles. The SMILES string of the molecule is O=[N+]([O-])c1ccccc1S(=O)(=O)N1CCc2c(sc3ncnc(Nc4cccc(Cl)c4)c23)C1. The number of para-hydroxylation sites is 1. The maximum Gasteiger partial charge on any atom is 0.289 e. The lowest BCUT2D eigenvalue weighted by Crippen LogP contribution is -2.35. The van der Waals surface area contributed by atoms with Crippen LogP contribution in [-0.2, 0) is 23.0 Å². The molecule has 0 fully saturated rings. The standard InChI is InChI=1S/C21H16ClN5O4S2/c22-13-4-3-5-14(10-13)25-20-19-15-8-9-26(11-17(15)32-21(19)24-12-23-20)33(30,31)18-7-2-1-6-16(18)27(28)29/h1-7,10,12H,8-9,11H2,(H,23,24,25). The minimum atomic E-state index is -4.05. The lowest BCUT2D eigenvalue weighted by molar-refractivity contribution is -0.387. The first-order valence-corrected chi connectivity index (χ1v) is 12.5. The predicted molar refractivity (Wildman–Crippen MR) is 127 cm³/mol. The number of nitrogens with zero attached hydrogens (tertiary/aromatic N) is 4. The lowest BCUT2D eigenvalue weighted by atomic mass is 10.1. The molecule has 0 spiro atoms. The highest BCUT2D eigenvalue weighted by Crippen LogP contribution is 2.40. The largest absolute Gasteiger partial charge is 0.340 e. The van der Waals surface area contributed by atoms with Crippen molar-refractivity contribution in [2.75, 3.05) is 11.9 Å². The summed E-state index contributed by atoms with van der Waals surface area (Å²) in [4.78, 5) is 20.7. The average Bonchev–Trinajstić information content (AvgIpc) is 3.18. The van der Waals surface area contributed by atoms with Crippen LogP contribution in [0.4, 0.5) is 17.2 Å². The molecule has 1 N–H and O–H groups in total. The molecule has 0 saturated heterocycles. The number of halogens is 1. The van der Waals surface area contributed by atoms with E-state index in [2.05, 4.69) is 15.3 Å².